The molecule has 0 spiro atoms. The summed E-state index contributed by atoms with van der Waals surface area (Å²) in [4.78, 5) is 21.4. The molecule has 2 heterocycles. The summed E-state index contributed by atoms with van der Waals surface area (Å²) < 4.78 is 5.79. The molecule has 1 amide bonds. The Kier molecular flexibility index (Phi) is 7.68. The van der Waals surface area contributed by atoms with E-state index >= 15 is 0 Å². The molecular weight excluding hydrogens is 316 g/mol. The monoisotopic (exact) mass is 354 g/mol. The lowest BCUT2D eigenvalue weighted by atomic mass is 10.1. The Balaban J connectivity index is 1.54. The third-order valence-electron chi connectivity index (χ3n) is 5.46. The lowest BCUT2D eigenvalue weighted by Gasteiger charge is -2.42. The molecular formula is C19H38N4O2. The van der Waals surface area contributed by atoms with Gasteiger partial charge in [-0.15, -0.1) is 0 Å². The van der Waals surface area contributed by atoms with E-state index in [1.54, 1.807) is 0 Å². The summed E-state index contributed by atoms with van der Waals surface area (Å²) in [7, 11) is 0. The van der Waals surface area contributed by atoms with E-state index in [1.807, 2.05) is 4.90 Å². The summed E-state index contributed by atoms with van der Waals surface area (Å²) in [6.07, 6.45) is 0. The number of rotatable bonds is 7. The van der Waals surface area contributed by atoms with Gasteiger partial charge in [-0.3, -0.25) is 19.5 Å². The lowest BCUT2D eigenvalue weighted by Crippen LogP contribution is -2.54. The molecule has 2 fully saturated rings. The topological polar surface area (TPSA) is 39.3 Å². The zero-order valence-electron chi connectivity index (χ0n) is 17.0. The average Bonchev–Trinajstić information content (AvgIpc) is 2.55. The van der Waals surface area contributed by atoms with Gasteiger partial charge in [0.15, 0.2) is 0 Å². The number of piperazine rings is 2. The summed E-state index contributed by atoms with van der Waals surface area (Å²) in [5.74, 6) is 0.238. The number of hydrogen-bond acceptors (Lipinski definition) is 5. The number of carbonyl (C=O) groups excluding carboxylic acids is 1. The summed E-state index contributed by atoms with van der Waals surface area (Å²) in [6.45, 7) is 21.1. The van der Waals surface area contributed by atoms with Crippen LogP contribution in [0.25, 0.3) is 0 Å². The zero-order valence-corrected chi connectivity index (χ0v) is 17.0. The first-order valence-corrected chi connectivity index (χ1v) is 9.84. The Labute approximate surface area is 154 Å². The minimum Gasteiger partial charge on any atom is -0.378 e. The van der Waals surface area contributed by atoms with Crippen LogP contribution in [-0.4, -0.2) is 109 Å². The molecule has 0 radical (unpaired) electrons. The van der Waals surface area contributed by atoms with Gasteiger partial charge in [0.05, 0.1) is 19.8 Å². The van der Waals surface area contributed by atoms with Gasteiger partial charge in [0.25, 0.3) is 0 Å². The summed E-state index contributed by atoms with van der Waals surface area (Å²) in [5, 5.41) is 0. The molecule has 2 rings (SSSR count). The highest BCUT2D eigenvalue weighted by molar-refractivity contribution is 5.79. The quantitative estimate of drug-likeness (QED) is 0.637. The minimum absolute atomic E-state index is 0.238. The molecule has 0 N–H and O–H groups in total. The van der Waals surface area contributed by atoms with Gasteiger partial charge >= 0.3 is 0 Å². The van der Waals surface area contributed by atoms with Crippen molar-refractivity contribution in [3.8, 4) is 0 Å². The normalized spacial score (nSPS) is 22.2. The number of ether oxygens (including phenoxy) is 1. The van der Waals surface area contributed by atoms with Crippen LogP contribution in [0.15, 0.2) is 0 Å². The molecule has 0 aliphatic carbocycles. The van der Waals surface area contributed by atoms with Crippen LogP contribution in [-0.2, 0) is 9.53 Å². The van der Waals surface area contributed by atoms with Gasteiger partial charge in [-0.1, -0.05) is 0 Å². The molecule has 0 aromatic carbocycles. The maximum Gasteiger partial charge on any atom is 0.236 e. The molecule has 6 nitrogen and oxygen atoms in total. The maximum atomic E-state index is 12.1. The number of carbonyl (C=O) groups is 1. The lowest BCUT2D eigenvalue weighted by molar-refractivity contribution is -0.137. The Bertz CT molecular complexity index is 414. The Morgan fingerprint density at radius 2 is 1.60 bits per heavy atom. The van der Waals surface area contributed by atoms with Crippen molar-refractivity contribution in [3.63, 3.8) is 0 Å². The first-order valence-electron chi connectivity index (χ1n) is 9.84. The molecule has 0 saturated carbocycles. The van der Waals surface area contributed by atoms with Gasteiger partial charge in [-0.25, -0.2) is 0 Å². The van der Waals surface area contributed by atoms with Gasteiger partial charge in [0, 0.05) is 63.9 Å². The Morgan fingerprint density at radius 1 is 0.960 bits per heavy atom. The highest BCUT2D eigenvalue weighted by Gasteiger charge is 2.26. The van der Waals surface area contributed by atoms with Crippen LogP contribution >= 0.6 is 0 Å². The van der Waals surface area contributed by atoms with Crippen molar-refractivity contribution >= 4 is 5.91 Å². The second-order valence-corrected chi connectivity index (χ2v) is 8.56. The van der Waals surface area contributed by atoms with Crippen molar-refractivity contribution in [1.29, 1.82) is 0 Å². The summed E-state index contributed by atoms with van der Waals surface area (Å²) >= 11 is 0. The van der Waals surface area contributed by atoms with E-state index in [2.05, 4.69) is 49.3 Å². The molecule has 0 aromatic heterocycles. The van der Waals surface area contributed by atoms with E-state index in [0.717, 1.165) is 59.0 Å². The van der Waals surface area contributed by atoms with Crippen LogP contribution in [0, 0.1) is 0 Å². The van der Waals surface area contributed by atoms with Crippen LogP contribution in [0.5, 0.6) is 0 Å². The van der Waals surface area contributed by atoms with Crippen LogP contribution in [0.2, 0.25) is 0 Å². The van der Waals surface area contributed by atoms with Gasteiger partial charge in [-0.2, -0.15) is 0 Å². The maximum absolute atomic E-state index is 12.1. The van der Waals surface area contributed by atoms with Gasteiger partial charge in [0.2, 0.25) is 5.91 Å². The van der Waals surface area contributed by atoms with E-state index in [0.29, 0.717) is 19.2 Å². The standard InChI is InChI=1S/C19H38N4O2/c1-17(2)22-9-8-21(18(24)16-22)13-15-25-14-12-20-6-10-23(11-7-20)19(3,4)5/h17H,6-16H2,1-5H3. The van der Waals surface area contributed by atoms with Gasteiger partial charge in [0.1, 0.15) is 0 Å². The first kappa shape index (κ1) is 20.6. The minimum atomic E-state index is 0.238. The molecule has 25 heavy (non-hydrogen) atoms. The smallest absolute Gasteiger partial charge is 0.236 e. The van der Waals surface area contributed by atoms with Crippen molar-refractivity contribution in [1.82, 2.24) is 19.6 Å². The second-order valence-electron chi connectivity index (χ2n) is 8.56. The van der Waals surface area contributed by atoms with Crippen molar-refractivity contribution < 1.29 is 9.53 Å². The predicted octanol–water partition coefficient (Wildman–Crippen LogP) is 0.972. The number of amides is 1. The molecule has 0 aromatic rings. The zero-order chi connectivity index (χ0) is 18.4. The second kappa shape index (κ2) is 9.31. The van der Waals surface area contributed by atoms with Crippen LogP contribution in [0.4, 0.5) is 0 Å². The Morgan fingerprint density at radius 3 is 2.16 bits per heavy atom. The molecule has 2 saturated heterocycles. The van der Waals surface area contributed by atoms with Crippen LogP contribution < -0.4 is 0 Å². The van der Waals surface area contributed by atoms with E-state index < -0.39 is 0 Å². The largest absolute Gasteiger partial charge is 0.378 e. The summed E-state index contributed by atoms with van der Waals surface area (Å²) in [5.41, 5.74) is 0.273. The number of hydrogen-bond donors (Lipinski definition) is 0. The van der Waals surface area contributed by atoms with Crippen LogP contribution in [0.3, 0.4) is 0 Å². The predicted molar refractivity (Wildman–Crippen MR) is 102 cm³/mol. The van der Waals surface area contributed by atoms with E-state index in [1.165, 1.54) is 0 Å². The average molecular weight is 355 g/mol. The molecule has 6 heteroatoms. The van der Waals surface area contributed by atoms with Gasteiger partial charge in [-0.05, 0) is 34.6 Å². The highest BCUT2D eigenvalue weighted by Crippen LogP contribution is 2.15. The molecule has 0 bridgehead atoms. The van der Waals surface area contributed by atoms with Crippen molar-refractivity contribution in [2.45, 2.75) is 46.2 Å². The van der Waals surface area contributed by atoms with E-state index in [-0.39, 0.29) is 11.4 Å². The summed E-state index contributed by atoms with van der Waals surface area (Å²) in [6, 6.07) is 0.445. The van der Waals surface area contributed by atoms with Gasteiger partial charge < -0.3 is 9.64 Å². The third kappa shape index (κ3) is 6.51. The fraction of sp³-hybridized carbons (Fsp3) is 0.947. The van der Waals surface area contributed by atoms with E-state index in [9.17, 15) is 4.79 Å². The third-order valence-corrected chi connectivity index (χ3v) is 5.46. The van der Waals surface area contributed by atoms with E-state index in [4.69, 9.17) is 4.74 Å². The molecule has 2 aliphatic heterocycles. The molecule has 0 atom stereocenters. The SMILES string of the molecule is CC(C)N1CCN(CCOCCN2CCN(C(C)(C)C)CC2)C(=O)C1. The fourth-order valence-electron chi connectivity index (χ4n) is 3.52. The first-order chi connectivity index (χ1) is 11.8. The fourth-order valence-corrected chi connectivity index (χ4v) is 3.52. The molecule has 2 aliphatic rings. The molecule has 0 unspecified atom stereocenters. The van der Waals surface area contributed by atoms with Crippen LogP contribution in [0.1, 0.15) is 34.6 Å². The van der Waals surface area contributed by atoms with Crippen molar-refractivity contribution in [2.24, 2.45) is 0 Å². The highest BCUT2D eigenvalue weighted by atomic mass is 16.5. The number of nitrogens with zero attached hydrogens (tertiary/aromatic N) is 4. The molecule has 146 valence electrons. The van der Waals surface area contributed by atoms with Crippen molar-refractivity contribution in [3.05, 3.63) is 0 Å². The Hall–Kier alpha value is -0.690. The van der Waals surface area contributed by atoms with Crippen molar-refractivity contribution in [2.75, 3.05) is 72.1 Å².